The SMILES string of the molecule is CCC[CH2][Zr]1([CH2]CCC)[CH]2C(C)=C(c3c2ccc2ccccc32)[Si](C)(c2ccccc2)C2=C(C)[CH]1c1ccc3ccccc3c12. The van der Waals surface area contributed by atoms with Crippen molar-refractivity contribution < 1.29 is 20.3 Å². The topological polar surface area (TPSA) is 0 Å². The molecule has 0 radical (unpaired) electrons. The Morgan fingerprint density at radius 1 is 0.556 bits per heavy atom. The van der Waals surface area contributed by atoms with E-state index in [4.69, 9.17) is 0 Å². The van der Waals surface area contributed by atoms with Gasteiger partial charge >= 0.3 is 277 Å². The van der Waals surface area contributed by atoms with Crippen LogP contribution in [0.3, 0.4) is 0 Å². The van der Waals surface area contributed by atoms with Gasteiger partial charge in [0.25, 0.3) is 0 Å². The molecule has 0 fully saturated rings. The first kappa shape index (κ1) is 29.6. The van der Waals surface area contributed by atoms with Gasteiger partial charge in [0.15, 0.2) is 0 Å². The van der Waals surface area contributed by atoms with Gasteiger partial charge in [-0.2, -0.15) is 0 Å². The predicted octanol–water partition coefficient (Wildman–Crippen LogP) is 12.0. The van der Waals surface area contributed by atoms with Crippen molar-refractivity contribution in [1.82, 2.24) is 0 Å². The third-order valence-electron chi connectivity index (χ3n) is 12.2. The molecule has 2 heteroatoms. The fourth-order valence-corrected chi connectivity index (χ4v) is 34.8. The number of unbranched alkanes of at least 4 members (excludes halogenated alkanes) is 2. The molecular formula is C43H46SiZr. The molecule has 5 aromatic rings. The summed E-state index contributed by atoms with van der Waals surface area (Å²) in [7, 11) is -2.47. The fraction of sp³-hybridized carbons (Fsp3) is 0.302. The Kier molecular flexibility index (Phi) is 7.35. The minimum absolute atomic E-state index is 0.640. The summed E-state index contributed by atoms with van der Waals surface area (Å²) in [5, 5.41) is 10.9. The Morgan fingerprint density at radius 2 is 1.00 bits per heavy atom. The van der Waals surface area contributed by atoms with Crippen LogP contribution in [0.15, 0.2) is 114 Å². The van der Waals surface area contributed by atoms with Crippen LogP contribution in [0.25, 0.3) is 31.9 Å². The normalized spacial score (nSPS) is 23.0. The summed E-state index contributed by atoms with van der Waals surface area (Å²) in [6.45, 7) is 12.8. The average molecular weight is 682 g/mol. The molecule has 1 aliphatic heterocycles. The molecule has 0 saturated heterocycles. The molecule has 0 N–H and O–H groups in total. The van der Waals surface area contributed by atoms with Crippen molar-refractivity contribution in [2.24, 2.45) is 0 Å². The van der Waals surface area contributed by atoms with Crippen LogP contribution >= 0.6 is 0 Å². The van der Waals surface area contributed by atoms with Crippen LogP contribution < -0.4 is 5.19 Å². The van der Waals surface area contributed by atoms with Crippen LogP contribution in [0.1, 0.15) is 82.9 Å². The molecule has 2 aliphatic carbocycles. The maximum absolute atomic E-state index is 3.16. The summed E-state index contributed by atoms with van der Waals surface area (Å²) in [5.74, 6) is 0. The monoisotopic (exact) mass is 680 g/mol. The number of hydrogen-bond donors (Lipinski definition) is 0. The molecule has 1 heterocycles. The summed E-state index contributed by atoms with van der Waals surface area (Å²) in [6.07, 6.45) is 5.33. The fourth-order valence-electron chi connectivity index (χ4n) is 10.6. The second-order valence-corrected chi connectivity index (χ2v) is 29.6. The first-order valence-electron chi connectivity index (χ1n) is 17.5. The van der Waals surface area contributed by atoms with E-state index >= 15 is 0 Å². The van der Waals surface area contributed by atoms with E-state index in [0.29, 0.717) is 7.25 Å². The molecule has 2 atom stereocenters. The number of rotatable bonds is 7. The van der Waals surface area contributed by atoms with Crippen LogP contribution in [0.5, 0.6) is 0 Å². The summed E-state index contributed by atoms with van der Waals surface area (Å²) in [6, 6.07) is 40.6. The van der Waals surface area contributed by atoms with E-state index in [9.17, 15) is 0 Å². The Morgan fingerprint density at radius 3 is 1.47 bits per heavy atom. The van der Waals surface area contributed by atoms with Crippen LogP contribution in [-0.4, -0.2) is 8.07 Å². The van der Waals surface area contributed by atoms with Gasteiger partial charge in [0.1, 0.15) is 0 Å². The molecule has 5 aromatic carbocycles. The van der Waals surface area contributed by atoms with Gasteiger partial charge in [-0.15, -0.1) is 0 Å². The van der Waals surface area contributed by atoms with Gasteiger partial charge in [0.05, 0.1) is 0 Å². The first-order valence-corrected chi connectivity index (χ1v) is 26.3. The summed E-state index contributed by atoms with van der Waals surface area (Å²) in [4.78, 5) is 0. The molecule has 0 spiro atoms. The predicted molar refractivity (Wildman–Crippen MR) is 196 cm³/mol. The zero-order valence-corrected chi connectivity index (χ0v) is 31.2. The molecule has 0 aromatic heterocycles. The van der Waals surface area contributed by atoms with Crippen molar-refractivity contribution in [3.05, 3.63) is 137 Å². The van der Waals surface area contributed by atoms with E-state index in [2.05, 4.69) is 137 Å². The standard InChI is InChI=1S/C35H28Si.2C4H9.Zr/c1-23-21-27-19-17-25-11-7-9-15-30(25)32(27)34(23)36(3,29-13-5-4-6-14-29)35-24(2)22-28-20-18-26-12-8-10-16-31(26)33(28)35;2*1-3-4-2;/h4-22H,1-3H3;2*1,3-4H2,2H3;. The third-order valence-corrected chi connectivity index (χ3v) is 32.6. The van der Waals surface area contributed by atoms with Gasteiger partial charge in [-0.1, -0.05) is 0 Å². The third kappa shape index (κ3) is 4.04. The van der Waals surface area contributed by atoms with Crippen LogP contribution in [-0.2, 0) is 20.3 Å². The van der Waals surface area contributed by atoms with E-state index in [1.807, 2.05) is 0 Å². The van der Waals surface area contributed by atoms with Gasteiger partial charge in [0, 0.05) is 0 Å². The van der Waals surface area contributed by atoms with E-state index in [-0.39, 0.29) is 0 Å². The molecule has 8 rings (SSSR count). The van der Waals surface area contributed by atoms with Crippen LogP contribution in [0, 0.1) is 0 Å². The van der Waals surface area contributed by atoms with Gasteiger partial charge in [-0.3, -0.25) is 0 Å². The number of fused-ring (bicyclic) bond motifs is 12. The molecule has 0 amide bonds. The number of benzene rings is 5. The average Bonchev–Trinajstić information content (AvgIpc) is 3.58. The second-order valence-electron chi connectivity index (χ2n) is 14.4. The Balaban J connectivity index is 1.59. The molecule has 0 nitrogen and oxygen atoms in total. The van der Waals surface area contributed by atoms with Crippen molar-refractivity contribution in [3.8, 4) is 0 Å². The summed E-state index contributed by atoms with van der Waals surface area (Å²) in [5.41, 5.74) is 10.2. The van der Waals surface area contributed by atoms with E-state index < -0.39 is 28.3 Å². The van der Waals surface area contributed by atoms with Gasteiger partial charge in [-0.25, -0.2) is 0 Å². The summed E-state index contributed by atoms with van der Waals surface area (Å²) >= 11 is -3.16. The maximum atomic E-state index is 2.74. The van der Waals surface area contributed by atoms with Gasteiger partial charge in [-0.05, 0) is 0 Å². The quantitative estimate of drug-likeness (QED) is 0.150. The van der Waals surface area contributed by atoms with Crippen molar-refractivity contribution in [2.45, 2.75) is 75.4 Å². The molecule has 0 saturated carbocycles. The first-order chi connectivity index (χ1) is 22.0. The molecule has 2 unspecified atom stereocenters. The van der Waals surface area contributed by atoms with Crippen molar-refractivity contribution in [1.29, 1.82) is 0 Å². The Bertz CT molecular complexity index is 1900. The summed E-state index contributed by atoms with van der Waals surface area (Å²) < 4.78 is 4.25. The number of hydrogen-bond acceptors (Lipinski definition) is 0. The zero-order chi connectivity index (χ0) is 30.9. The molecule has 226 valence electrons. The van der Waals surface area contributed by atoms with Crippen molar-refractivity contribution in [2.75, 3.05) is 0 Å². The molecule has 45 heavy (non-hydrogen) atoms. The Hall–Kier alpha value is -2.80. The van der Waals surface area contributed by atoms with E-state index in [1.165, 1.54) is 55.5 Å². The van der Waals surface area contributed by atoms with E-state index in [1.54, 1.807) is 49.0 Å². The van der Waals surface area contributed by atoms with E-state index in [0.717, 1.165) is 0 Å². The second kappa shape index (κ2) is 11.2. The van der Waals surface area contributed by atoms with Crippen LogP contribution in [0.2, 0.25) is 14.8 Å². The van der Waals surface area contributed by atoms with Crippen LogP contribution in [0.4, 0.5) is 0 Å². The molecule has 3 aliphatic rings. The molecular weight excluding hydrogens is 636 g/mol. The Labute approximate surface area is 275 Å². The van der Waals surface area contributed by atoms with Crippen molar-refractivity contribution >= 4 is 45.2 Å². The number of allylic oxidation sites excluding steroid dienone is 2. The molecule has 4 bridgehead atoms. The van der Waals surface area contributed by atoms with Crippen molar-refractivity contribution in [3.63, 3.8) is 0 Å². The van der Waals surface area contributed by atoms with Gasteiger partial charge < -0.3 is 0 Å². The zero-order valence-electron chi connectivity index (χ0n) is 27.7. The minimum atomic E-state index is -3.16. The van der Waals surface area contributed by atoms with Gasteiger partial charge in [0.2, 0.25) is 0 Å².